The van der Waals surface area contributed by atoms with Crippen molar-refractivity contribution < 1.29 is 8.78 Å². The maximum Gasteiger partial charge on any atom is 0.159 e. The van der Waals surface area contributed by atoms with Gasteiger partial charge in [-0.15, -0.1) is 0 Å². The fourth-order valence-corrected chi connectivity index (χ4v) is 2.19. The predicted molar refractivity (Wildman–Crippen MR) is 73.0 cm³/mol. The number of nitrogens with one attached hydrogen (secondary N) is 1. The van der Waals surface area contributed by atoms with Crippen molar-refractivity contribution in [2.75, 3.05) is 7.05 Å². The van der Waals surface area contributed by atoms with Crippen LogP contribution in [0, 0.1) is 18.6 Å². The molecule has 0 aliphatic rings. The summed E-state index contributed by atoms with van der Waals surface area (Å²) in [4.78, 5) is 0. The van der Waals surface area contributed by atoms with Crippen LogP contribution in [-0.2, 0) is 6.42 Å². The minimum atomic E-state index is -0.811. The zero-order valence-electron chi connectivity index (χ0n) is 11.1. The molecule has 1 atom stereocenters. The quantitative estimate of drug-likeness (QED) is 0.883. The number of halogens is 2. The fraction of sp³-hybridized carbons (Fsp3) is 0.250. The summed E-state index contributed by atoms with van der Waals surface area (Å²) >= 11 is 0. The molecule has 0 aromatic heterocycles. The van der Waals surface area contributed by atoms with Gasteiger partial charge in [-0.3, -0.25) is 0 Å². The standard InChI is InChI=1S/C16H17F2N/c1-11-4-3-5-12(8-11)9-16(19-2)13-6-7-14(17)15(18)10-13/h3-8,10,16,19H,9H2,1-2H3. The largest absolute Gasteiger partial charge is 0.313 e. The molecule has 0 spiro atoms. The lowest BCUT2D eigenvalue weighted by molar-refractivity contribution is 0.501. The maximum atomic E-state index is 13.3. The minimum absolute atomic E-state index is 0.0306. The van der Waals surface area contributed by atoms with Gasteiger partial charge in [-0.05, 0) is 43.7 Å². The first-order valence-electron chi connectivity index (χ1n) is 6.28. The molecule has 2 rings (SSSR count). The van der Waals surface area contributed by atoms with Crippen molar-refractivity contribution in [3.63, 3.8) is 0 Å². The van der Waals surface area contributed by atoms with Crippen LogP contribution in [0.15, 0.2) is 42.5 Å². The molecule has 1 nitrogen and oxygen atoms in total. The molecule has 3 heteroatoms. The second kappa shape index (κ2) is 5.93. The summed E-state index contributed by atoms with van der Waals surface area (Å²) in [5.74, 6) is -1.61. The molecule has 0 saturated heterocycles. The molecule has 0 fully saturated rings. The molecule has 0 bridgehead atoms. The summed E-state index contributed by atoms with van der Waals surface area (Å²) in [6, 6.07) is 12.2. The van der Waals surface area contributed by atoms with E-state index < -0.39 is 11.6 Å². The van der Waals surface area contributed by atoms with E-state index in [9.17, 15) is 8.78 Å². The van der Waals surface area contributed by atoms with Crippen LogP contribution in [0.5, 0.6) is 0 Å². The van der Waals surface area contributed by atoms with Gasteiger partial charge in [0.1, 0.15) is 0 Å². The lowest BCUT2D eigenvalue weighted by atomic mass is 9.98. The summed E-state index contributed by atoms with van der Waals surface area (Å²) in [7, 11) is 1.82. The highest BCUT2D eigenvalue weighted by Crippen LogP contribution is 2.20. The van der Waals surface area contributed by atoms with Crippen LogP contribution in [0.1, 0.15) is 22.7 Å². The second-order valence-electron chi connectivity index (χ2n) is 4.71. The third-order valence-electron chi connectivity index (χ3n) is 3.22. The highest BCUT2D eigenvalue weighted by Gasteiger charge is 2.12. The molecular weight excluding hydrogens is 244 g/mol. The van der Waals surface area contributed by atoms with Crippen LogP contribution in [0.25, 0.3) is 0 Å². The van der Waals surface area contributed by atoms with Crippen LogP contribution >= 0.6 is 0 Å². The van der Waals surface area contributed by atoms with E-state index >= 15 is 0 Å². The number of hydrogen-bond acceptors (Lipinski definition) is 1. The van der Waals surface area contributed by atoms with Crippen LogP contribution in [0.3, 0.4) is 0 Å². The molecule has 1 unspecified atom stereocenters. The van der Waals surface area contributed by atoms with Gasteiger partial charge in [0.25, 0.3) is 0 Å². The normalized spacial score (nSPS) is 12.4. The van der Waals surface area contributed by atoms with Gasteiger partial charge in [0.15, 0.2) is 11.6 Å². The highest BCUT2D eigenvalue weighted by atomic mass is 19.2. The first-order chi connectivity index (χ1) is 9.10. The maximum absolute atomic E-state index is 13.3. The fourth-order valence-electron chi connectivity index (χ4n) is 2.19. The molecular formula is C16H17F2N. The summed E-state index contributed by atoms with van der Waals surface area (Å²) < 4.78 is 26.2. The van der Waals surface area contributed by atoms with E-state index in [0.29, 0.717) is 0 Å². The molecule has 0 aliphatic heterocycles. The summed E-state index contributed by atoms with van der Waals surface area (Å²) in [5.41, 5.74) is 3.12. The zero-order chi connectivity index (χ0) is 13.8. The van der Waals surface area contributed by atoms with Gasteiger partial charge in [0.05, 0.1) is 0 Å². The Morgan fingerprint density at radius 1 is 1.05 bits per heavy atom. The van der Waals surface area contributed by atoms with Crippen molar-refractivity contribution in [2.24, 2.45) is 0 Å². The van der Waals surface area contributed by atoms with Crippen molar-refractivity contribution in [3.8, 4) is 0 Å². The van der Waals surface area contributed by atoms with E-state index in [4.69, 9.17) is 0 Å². The SMILES string of the molecule is CNC(Cc1cccc(C)c1)c1ccc(F)c(F)c1. The van der Waals surface area contributed by atoms with Gasteiger partial charge in [-0.2, -0.15) is 0 Å². The van der Waals surface area contributed by atoms with Crippen LogP contribution in [0.2, 0.25) is 0 Å². The van der Waals surface area contributed by atoms with E-state index in [1.54, 1.807) is 6.07 Å². The minimum Gasteiger partial charge on any atom is -0.313 e. The Bertz CT molecular complexity index is 566. The van der Waals surface area contributed by atoms with Crippen molar-refractivity contribution in [1.82, 2.24) is 5.32 Å². The van der Waals surface area contributed by atoms with Gasteiger partial charge in [0.2, 0.25) is 0 Å². The first-order valence-corrected chi connectivity index (χ1v) is 6.28. The van der Waals surface area contributed by atoms with Gasteiger partial charge < -0.3 is 5.32 Å². The smallest absolute Gasteiger partial charge is 0.159 e. The second-order valence-corrected chi connectivity index (χ2v) is 4.71. The Balaban J connectivity index is 2.22. The number of benzene rings is 2. The Morgan fingerprint density at radius 2 is 1.84 bits per heavy atom. The molecule has 0 heterocycles. The molecule has 100 valence electrons. The van der Waals surface area contributed by atoms with Gasteiger partial charge in [0, 0.05) is 6.04 Å². The molecule has 2 aromatic rings. The van der Waals surface area contributed by atoms with Crippen molar-refractivity contribution >= 4 is 0 Å². The monoisotopic (exact) mass is 261 g/mol. The van der Waals surface area contributed by atoms with E-state index in [-0.39, 0.29) is 6.04 Å². The Hall–Kier alpha value is -1.74. The molecule has 1 N–H and O–H groups in total. The molecule has 0 aliphatic carbocycles. The highest BCUT2D eigenvalue weighted by molar-refractivity contribution is 5.27. The zero-order valence-corrected chi connectivity index (χ0v) is 11.1. The van der Waals surface area contributed by atoms with Crippen LogP contribution in [-0.4, -0.2) is 7.05 Å². The van der Waals surface area contributed by atoms with Gasteiger partial charge >= 0.3 is 0 Å². The Kier molecular flexibility index (Phi) is 4.27. The van der Waals surface area contributed by atoms with E-state index in [0.717, 1.165) is 12.0 Å². The summed E-state index contributed by atoms with van der Waals surface area (Å²) in [5, 5.41) is 3.14. The van der Waals surface area contributed by atoms with Gasteiger partial charge in [-0.1, -0.05) is 35.9 Å². The summed E-state index contributed by atoms with van der Waals surface area (Å²) in [6.45, 7) is 2.04. The van der Waals surface area contributed by atoms with Crippen molar-refractivity contribution in [3.05, 3.63) is 70.8 Å². The number of rotatable bonds is 4. The molecule has 0 radical (unpaired) electrons. The number of aryl methyl sites for hydroxylation is 1. The molecule has 19 heavy (non-hydrogen) atoms. The number of hydrogen-bond donors (Lipinski definition) is 1. The van der Waals surface area contributed by atoms with Crippen molar-refractivity contribution in [2.45, 2.75) is 19.4 Å². The lowest BCUT2D eigenvalue weighted by Gasteiger charge is -2.17. The average molecular weight is 261 g/mol. The first kappa shape index (κ1) is 13.7. The van der Waals surface area contributed by atoms with E-state index in [1.165, 1.54) is 23.3 Å². The molecule has 0 amide bonds. The summed E-state index contributed by atoms with van der Waals surface area (Å²) in [6.07, 6.45) is 0.739. The Morgan fingerprint density at radius 3 is 2.47 bits per heavy atom. The van der Waals surface area contributed by atoms with E-state index in [2.05, 4.69) is 11.4 Å². The molecule has 0 saturated carbocycles. The lowest BCUT2D eigenvalue weighted by Crippen LogP contribution is -2.19. The van der Waals surface area contributed by atoms with Crippen molar-refractivity contribution in [1.29, 1.82) is 0 Å². The number of likely N-dealkylation sites (N-methyl/N-ethyl adjacent to an activating group) is 1. The third-order valence-corrected chi connectivity index (χ3v) is 3.22. The third kappa shape index (κ3) is 3.38. The topological polar surface area (TPSA) is 12.0 Å². The van der Waals surface area contributed by atoms with E-state index in [1.807, 2.05) is 32.2 Å². The molecule has 2 aromatic carbocycles. The van der Waals surface area contributed by atoms with Gasteiger partial charge in [-0.25, -0.2) is 8.78 Å². The average Bonchev–Trinajstić information content (AvgIpc) is 2.39. The van der Waals surface area contributed by atoms with Crippen LogP contribution < -0.4 is 5.32 Å². The van der Waals surface area contributed by atoms with Crippen LogP contribution in [0.4, 0.5) is 8.78 Å². The Labute approximate surface area is 112 Å². The predicted octanol–water partition coefficient (Wildman–Crippen LogP) is 3.78.